The second kappa shape index (κ2) is 7.13. The third-order valence-electron chi connectivity index (χ3n) is 4.31. The van der Waals surface area contributed by atoms with Crippen molar-refractivity contribution in [2.24, 2.45) is 10.2 Å². The van der Waals surface area contributed by atoms with Crippen LogP contribution in [0.3, 0.4) is 0 Å². The molecule has 0 bridgehead atoms. The second-order valence-corrected chi connectivity index (χ2v) is 8.48. The van der Waals surface area contributed by atoms with Crippen molar-refractivity contribution in [3.63, 3.8) is 0 Å². The molecule has 0 spiro atoms. The molecule has 0 aliphatic carbocycles. The highest BCUT2D eigenvalue weighted by Crippen LogP contribution is 2.36. The summed E-state index contributed by atoms with van der Waals surface area (Å²) in [6.07, 6.45) is 0.538. The summed E-state index contributed by atoms with van der Waals surface area (Å²) in [4.78, 5) is 4.25. The van der Waals surface area contributed by atoms with E-state index in [0.29, 0.717) is 28.7 Å². The smallest absolute Gasteiger partial charge is 0.314 e. The first kappa shape index (κ1) is 18.8. The van der Waals surface area contributed by atoms with Gasteiger partial charge in [-0.3, -0.25) is 5.01 Å². The molecule has 8 nitrogen and oxygen atoms in total. The Morgan fingerprint density at radius 3 is 2.43 bits per heavy atom. The van der Waals surface area contributed by atoms with E-state index in [1.807, 2.05) is 12.1 Å². The number of sulfonamides is 1. The number of halogens is 1. The van der Waals surface area contributed by atoms with Crippen LogP contribution in [0.15, 0.2) is 63.1 Å². The van der Waals surface area contributed by atoms with E-state index in [2.05, 4.69) is 15.2 Å². The third-order valence-corrected chi connectivity index (χ3v) is 5.66. The summed E-state index contributed by atoms with van der Waals surface area (Å²) >= 11 is 10.9. The van der Waals surface area contributed by atoms with Gasteiger partial charge in [0.15, 0.2) is 5.82 Å². The zero-order valence-electron chi connectivity index (χ0n) is 14.2. The number of hydrazone groups is 1. The van der Waals surface area contributed by atoms with Gasteiger partial charge in [-0.05, 0) is 54.2 Å². The van der Waals surface area contributed by atoms with E-state index in [1.165, 1.54) is 12.1 Å². The van der Waals surface area contributed by atoms with Gasteiger partial charge in [-0.2, -0.15) is 15.2 Å². The quantitative estimate of drug-likeness (QED) is 0.606. The number of nitrogens with zero attached hydrogens (tertiary/aromatic N) is 3. The number of aromatic nitrogens is 2. The molecule has 3 aromatic rings. The van der Waals surface area contributed by atoms with Crippen molar-refractivity contribution in [1.29, 1.82) is 0 Å². The fourth-order valence-electron chi connectivity index (χ4n) is 2.98. The minimum atomic E-state index is -3.77. The van der Waals surface area contributed by atoms with Crippen molar-refractivity contribution in [3.8, 4) is 0 Å². The standard InChI is InChI=1S/C17H14ClN5O3S2/c18-11-3-1-10(2-4-11)15-9-14(16-20-17(27)26-22-16)21-23(15)12-5-7-13(8-6-12)28(19,24)25/h1-8,15H,9H2,(H2,19,24,25)(H,20,22,27). The number of aromatic amines is 1. The molecule has 0 radical (unpaired) electrons. The molecule has 0 saturated carbocycles. The lowest BCUT2D eigenvalue weighted by molar-refractivity contribution is 0.403. The van der Waals surface area contributed by atoms with Crippen LogP contribution in [0.4, 0.5) is 5.69 Å². The second-order valence-electron chi connectivity index (χ2n) is 6.13. The van der Waals surface area contributed by atoms with Gasteiger partial charge in [-0.15, -0.1) is 0 Å². The average molecular weight is 436 g/mol. The molecular formula is C17H14ClN5O3S2. The Morgan fingerprint density at radius 1 is 1.18 bits per heavy atom. The molecule has 1 aromatic heterocycles. The lowest BCUT2D eigenvalue weighted by Gasteiger charge is -2.24. The molecule has 2 aromatic carbocycles. The monoisotopic (exact) mass is 435 g/mol. The number of hydrogen-bond acceptors (Lipinski definition) is 7. The molecule has 1 atom stereocenters. The molecule has 28 heavy (non-hydrogen) atoms. The summed E-state index contributed by atoms with van der Waals surface area (Å²) in [5.74, 6) is 0.451. The van der Waals surface area contributed by atoms with Crippen molar-refractivity contribution in [3.05, 3.63) is 69.8 Å². The molecule has 4 rings (SSSR count). The highest BCUT2D eigenvalue weighted by molar-refractivity contribution is 7.89. The average Bonchev–Trinajstić information content (AvgIpc) is 3.28. The third kappa shape index (κ3) is 3.72. The van der Waals surface area contributed by atoms with Crippen molar-refractivity contribution < 1.29 is 12.9 Å². The summed E-state index contributed by atoms with van der Waals surface area (Å²) in [5, 5.41) is 14.9. The molecule has 1 aliphatic rings. The van der Waals surface area contributed by atoms with Crippen LogP contribution in [0.25, 0.3) is 0 Å². The van der Waals surface area contributed by atoms with E-state index in [4.69, 9.17) is 33.5 Å². The number of rotatable bonds is 4. The molecule has 2 heterocycles. The molecule has 0 amide bonds. The van der Waals surface area contributed by atoms with Gasteiger partial charge < -0.3 is 4.52 Å². The maximum Gasteiger partial charge on any atom is 0.314 e. The molecule has 1 aliphatic heterocycles. The minimum absolute atomic E-state index is 0.0308. The van der Waals surface area contributed by atoms with Crippen molar-refractivity contribution in [2.45, 2.75) is 17.4 Å². The Kier molecular flexibility index (Phi) is 4.79. The van der Waals surface area contributed by atoms with E-state index < -0.39 is 10.0 Å². The highest BCUT2D eigenvalue weighted by Gasteiger charge is 2.31. The summed E-state index contributed by atoms with van der Waals surface area (Å²) in [5.41, 5.74) is 2.35. The first-order valence-electron chi connectivity index (χ1n) is 8.12. The highest BCUT2D eigenvalue weighted by atomic mass is 35.5. The van der Waals surface area contributed by atoms with Gasteiger partial charge in [0.05, 0.1) is 16.6 Å². The van der Waals surface area contributed by atoms with Gasteiger partial charge in [0, 0.05) is 11.4 Å². The maximum atomic E-state index is 11.5. The first-order chi connectivity index (χ1) is 13.3. The number of H-pyrrole nitrogens is 1. The van der Waals surface area contributed by atoms with Crippen LogP contribution in [-0.4, -0.2) is 24.3 Å². The summed E-state index contributed by atoms with van der Waals surface area (Å²) in [6, 6.07) is 13.5. The number of nitrogens with two attached hydrogens (primary N) is 1. The minimum Gasteiger partial charge on any atom is -0.348 e. The molecular weight excluding hydrogens is 422 g/mol. The zero-order valence-corrected chi connectivity index (χ0v) is 16.6. The number of nitrogens with one attached hydrogen (secondary N) is 1. The largest absolute Gasteiger partial charge is 0.348 e. The van der Waals surface area contributed by atoms with Crippen molar-refractivity contribution in [1.82, 2.24) is 10.1 Å². The van der Waals surface area contributed by atoms with Crippen LogP contribution in [-0.2, 0) is 10.0 Å². The van der Waals surface area contributed by atoms with Gasteiger partial charge >= 0.3 is 4.84 Å². The molecule has 144 valence electrons. The van der Waals surface area contributed by atoms with Gasteiger partial charge in [0.1, 0.15) is 5.71 Å². The van der Waals surface area contributed by atoms with Crippen molar-refractivity contribution in [2.75, 3.05) is 5.01 Å². The molecule has 0 fully saturated rings. The number of hydrogen-bond donors (Lipinski definition) is 2. The van der Waals surface area contributed by atoms with E-state index in [0.717, 1.165) is 5.56 Å². The maximum absolute atomic E-state index is 11.5. The Morgan fingerprint density at radius 2 is 1.86 bits per heavy atom. The molecule has 3 N–H and O–H groups in total. The van der Waals surface area contributed by atoms with Crippen LogP contribution in [0.1, 0.15) is 23.9 Å². The Balaban J connectivity index is 1.75. The lowest BCUT2D eigenvalue weighted by atomic mass is 10.0. The van der Waals surface area contributed by atoms with Gasteiger partial charge in [0.25, 0.3) is 0 Å². The van der Waals surface area contributed by atoms with Crippen molar-refractivity contribution >= 4 is 45.2 Å². The Labute approximate surface area is 170 Å². The topological polar surface area (TPSA) is 118 Å². The van der Waals surface area contributed by atoms with E-state index in [9.17, 15) is 8.42 Å². The Hall–Kier alpha value is -2.53. The lowest BCUT2D eigenvalue weighted by Crippen LogP contribution is -2.19. The number of primary sulfonamides is 1. The van der Waals surface area contributed by atoms with Crippen LogP contribution in [0.5, 0.6) is 0 Å². The van der Waals surface area contributed by atoms with Crippen LogP contribution in [0, 0.1) is 4.84 Å². The SMILES string of the molecule is NS(=O)(=O)c1ccc(N2N=C(c3nc(=S)o[nH]3)CC2c2ccc(Cl)cc2)cc1. The summed E-state index contributed by atoms with van der Waals surface area (Å²) in [6.45, 7) is 0. The first-order valence-corrected chi connectivity index (χ1v) is 10.5. The summed E-state index contributed by atoms with van der Waals surface area (Å²) < 4.78 is 28.0. The Bertz CT molecular complexity index is 1200. The predicted molar refractivity (Wildman–Crippen MR) is 107 cm³/mol. The van der Waals surface area contributed by atoms with E-state index in [1.54, 1.807) is 29.3 Å². The number of anilines is 1. The van der Waals surface area contributed by atoms with Gasteiger partial charge in [-0.25, -0.2) is 13.6 Å². The van der Waals surface area contributed by atoms with Gasteiger partial charge in [0.2, 0.25) is 10.0 Å². The zero-order chi connectivity index (χ0) is 19.9. The normalized spacial score (nSPS) is 17.0. The fraction of sp³-hybridized carbons (Fsp3) is 0.118. The number of benzene rings is 2. The van der Waals surface area contributed by atoms with Crippen LogP contribution in [0.2, 0.25) is 5.02 Å². The molecule has 0 saturated heterocycles. The van der Waals surface area contributed by atoms with E-state index in [-0.39, 0.29) is 15.8 Å². The fourth-order valence-corrected chi connectivity index (χ4v) is 3.75. The summed E-state index contributed by atoms with van der Waals surface area (Å²) in [7, 11) is -3.77. The van der Waals surface area contributed by atoms with Gasteiger partial charge in [-0.1, -0.05) is 23.7 Å². The van der Waals surface area contributed by atoms with Crippen LogP contribution >= 0.6 is 23.8 Å². The molecule has 11 heteroatoms. The van der Waals surface area contributed by atoms with Crippen LogP contribution < -0.4 is 10.1 Å². The molecule has 1 unspecified atom stereocenters. The predicted octanol–water partition coefficient (Wildman–Crippen LogP) is 3.39. The van der Waals surface area contributed by atoms with E-state index >= 15 is 0 Å².